The van der Waals surface area contributed by atoms with Crippen LogP contribution in [0.5, 0.6) is 0 Å². The number of nitrogens with one attached hydrogen (secondary N) is 1. The molecule has 1 aliphatic heterocycles. The molecule has 2 rings (SSSR count). The first-order chi connectivity index (χ1) is 10.3. The van der Waals surface area contributed by atoms with E-state index in [9.17, 15) is 9.59 Å². The standard InChI is InChI=1S/C17H31N3O2/c1-12(2)16(22)20-10-7-13(8-11-20)19-15(21)14-6-4-5-9-17(14,3)18/h12-14H,4-11,18H2,1-3H3,(H,19,21). The summed E-state index contributed by atoms with van der Waals surface area (Å²) in [4.78, 5) is 26.4. The van der Waals surface area contributed by atoms with Gasteiger partial charge in [-0.1, -0.05) is 26.7 Å². The Kier molecular flexibility index (Phi) is 5.48. The average molecular weight is 309 g/mol. The van der Waals surface area contributed by atoms with Crippen molar-refractivity contribution in [2.75, 3.05) is 13.1 Å². The zero-order chi connectivity index (χ0) is 16.3. The van der Waals surface area contributed by atoms with Crippen LogP contribution in [0.25, 0.3) is 0 Å². The van der Waals surface area contributed by atoms with Crippen LogP contribution < -0.4 is 11.1 Å². The number of amides is 2. The Morgan fingerprint density at radius 1 is 1.18 bits per heavy atom. The Morgan fingerprint density at radius 2 is 1.82 bits per heavy atom. The molecule has 0 bridgehead atoms. The second kappa shape index (κ2) is 6.99. The van der Waals surface area contributed by atoms with E-state index in [4.69, 9.17) is 5.73 Å². The molecule has 3 N–H and O–H groups in total. The topological polar surface area (TPSA) is 75.4 Å². The Labute approximate surface area is 134 Å². The van der Waals surface area contributed by atoms with E-state index in [1.165, 1.54) is 0 Å². The normalized spacial score (nSPS) is 30.4. The number of carbonyl (C=O) groups excluding carboxylic acids is 2. The minimum absolute atomic E-state index is 0.0475. The van der Waals surface area contributed by atoms with Crippen LogP contribution in [0.15, 0.2) is 0 Å². The van der Waals surface area contributed by atoms with Crippen LogP contribution in [-0.2, 0) is 9.59 Å². The molecule has 22 heavy (non-hydrogen) atoms. The summed E-state index contributed by atoms with van der Waals surface area (Å²) in [6.07, 6.45) is 5.71. The van der Waals surface area contributed by atoms with Gasteiger partial charge in [0.15, 0.2) is 0 Å². The molecule has 1 saturated carbocycles. The third kappa shape index (κ3) is 4.00. The van der Waals surface area contributed by atoms with Crippen LogP contribution in [0.3, 0.4) is 0 Å². The number of likely N-dealkylation sites (tertiary alicyclic amines) is 1. The van der Waals surface area contributed by atoms with E-state index < -0.39 is 0 Å². The van der Waals surface area contributed by atoms with Gasteiger partial charge in [-0.25, -0.2) is 0 Å². The smallest absolute Gasteiger partial charge is 0.225 e. The number of rotatable bonds is 3. The van der Waals surface area contributed by atoms with Crippen molar-refractivity contribution < 1.29 is 9.59 Å². The molecule has 5 heteroatoms. The number of nitrogens with two attached hydrogens (primary N) is 1. The predicted octanol–water partition coefficient (Wildman–Crippen LogP) is 1.66. The van der Waals surface area contributed by atoms with Crippen LogP contribution in [0.1, 0.15) is 59.3 Å². The number of hydrogen-bond donors (Lipinski definition) is 2. The van der Waals surface area contributed by atoms with E-state index in [-0.39, 0.29) is 35.2 Å². The Balaban J connectivity index is 1.83. The fraction of sp³-hybridized carbons (Fsp3) is 0.882. The molecule has 2 unspecified atom stereocenters. The van der Waals surface area contributed by atoms with Crippen molar-refractivity contribution in [2.45, 2.75) is 70.9 Å². The molecule has 1 heterocycles. The van der Waals surface area contributed by atoms with Crippen LogP contribution in [0.4, 0.5) is 0 Å². The van der Waals surface area contributed by atoms with Gasteiger partial charge < -0.3 is 16.0 Å². The second-order valence-corrected chi connectivity index (χ2v) is 7.57. The van der Waals surface area contributed by atoms with Crippen LogP contribution >= 0.6 is 0 Å². The molecule has 2 amide bonds. The molecule has 126 valence electrons. The van der Waals surface area contributed by atoms with Crippen molar-refractivity contribution >= 4 is 11.8 Å². The Bertz CT molecular complexity index is 412. The van der Waals surface area contributed by atoms with Gasteiger partial charge in [-0.2, -0.15) is 0 Å². The van der Waals surface area contributed by atoms with Gasteiger partial charge in [0, 0.05) is 30.6 Å². The van der Waals surface area contributed by atoms with E-state index in [2.05, 4.69) is 5.32 Å². The quantitative estimate of drug-likeness (QED) is 0.832. The van der Waals surface area contributed by atoms with Gasteiger partial charge in [-0.15, -0.1) is 0 Å². The van der Waals surface area contributed by atoms with Gasteiger partial charge in [0.05, 0.1) is 5.92 Å². The molecule has 1 aliphatic carbocycles. The van der Waals surface area contributed by atoms with Crippen LogP contribution in [0, 0.1) is 11.8 Å². The SMILES string of the molecule is CC(C)C(=O)N1CCC(NC(=O)C2CCCCC2(C)N)CC1. The maximum atomic E-state index is 12.5. The molecular weight excluding hydrogens is 278 g/mol. The molecular formula is C17H31N3O2. The average Bonchev–Trinajstić information content (AvgIpc) is 2.46. The van der Waals surface area contributed by atoms with E-state index in [1.54, 1.807) is 0 Å². The number of piperidine rings is 1. The summed E-state index contributed by atoms with van der Waals surface area (Å²) < 4.78 is 0. The summed E-state index contributed by atoms with van der Waals surface area (Å²) in [7, 11) is 0. The molecule has 2 atom stereocenters. The Morgan fingerprint density at radius 3 is 2.36 bits per heavy atom. The van der Waals surface area contributed by atoms with Crippen molar-refractivity contribution in [3.05, 3.63) is 0 Å². The highest BCUT2D eigenvalue weighted by Crippen LogP contribution is 2.32. The summed E-state index contributed by atoms with van der Waals surface area (Å²) in [5.74, 6) is 0.299. The number of carbonyl (C=O) groups is 2. The van der Waals surface area contributed by atoms with Gasteiger partial charge in [0.1, 0.15) is 0 Å². The van der Waals surface area contributed by atoms with Crippen LogP contribution in [-0.4, -0.2) is 41.4 Å². The first kappa shape index (κ1) is 17.3. The van der Waals surface area contributed by atoms with Crippen molar-refractivity contribution in [1.29, 1.82) is 0 Å². The lowest BCUT2D eigenvalue weighted by atomic mass is 9.74. The number of hydrogen-bond acceptors (Lipinski definition) is 3. The molecule has 0 aromatic rings. The Hall–Kier alpha value is -1.10. The molecule has 0 radical (unpaired) electrons. The molecule has 2 fully saturated rings. The lowest BCUT2D eigenvalue weighted by Gasteiger charge is -2.39. The highest BCUT2D eigenvalue weighted by Gasteiger charge is 2.38. The summed E-state index contributed by atoms with van der Waals surface area (Å²) in [5.41, 5.74) is 5.93. The molecule has 5 nitrogen and oxygen atoms in total. The van der Waals surface area contributed by atoms with E-state index in [1.807, 2.05) is 25.7 Å². The summed E-state index contributed by atoms with van der Waals surface area (Å²) in [6, 6.07) is 0.182. The highest BCUT2D eigenvalue weighted by atomic mass is 16.2. The summed E-state index contributed by atoms with van der Waals surface area (Å²) in [5, 5.41) is 3.18. The predicted molar refractivity (Wildman–Crippen MR) is 87.1 cm³/mol. The van der Waals surface area contributed by atoms with Crippen molar-refractivity contribution in [3.63, 3.8) is 0 Å². The molecule has 0 aromatic carbocycles. The van der Waals surface area contributed by atoms with Gasteiger partial charge >= 0.3 is 0 Å². The fourth-order valence-corrected chi connectivity index (χ4v) is 3.70. The molecule has 0 aromatic heterocycles. The van der Waals surface area contributed by atoms with Crippen molar-refractivity contribution in [3.8, 4) is 0 Å². The lowest BCUT2D eigenvalue weighted by Crippen LogP contribution is -2.55. The monoisotopic (exact) mass is 309 g/mol. The van der Waals surface area contributed by atoms with E-state index in [0.29, 0.717) is 0 Å². The first-order valence-electron chi connectivity index (χ1n) is 8.69. The first-order valence-corrected chi connectivity index (χ1v) is 8.69. The van der Waals surface area contributed by atoms with Crippen molar-refractivity contribution in [2.24, 2.45) is 17.6 Å². The summed E-state index contributed by atoms with van der Waals surface area (Å²) >= 11 is 0. The molecule has 2 aliphatic rings. The molecule has 1 saturated heterocycles. The van der Waals surface area contributed by atoms with E-state index >= 15 is 0 Å². The third-order valence-electron chi connectivity index (χ3n) is 5.22. The third-order valence-corrected chi connectivity index (χ3v) is 5.22. The zero-order valence-electron chi connectivity index (χ0n) is 14.2. The van der Waals surface area contributed by atoms with Crippen molar-refractivity contribution in [1.82, 2.24) is 10.2 Å². The minimum Gasteiger partial charge on any atom is -0.353 e. The highest BCUT2D eigenvalue weighted by molar-refractivity contribution is 5.81. The molecule has 0 spiro atoms. The van der Waals surface area contributed by atoms with Gasteiger partial charge in [-0.3, -0.25) is 9.59 Å². The maximum absolute atomic E-state index is 12.5. The lowest BCUT2D eigenvalue weighted by molar-refractivity contribution is -0.135. The van der Waals surface area contributed by atoms with Crippen LogP contribution in [0.2, 0.25) is 0 Å². The second-order valence-electron chi connectivity index (χ2n) is 7.57. The van der Waals surface area contributed by atoms with Gasteiger partial charge in [-0.05, 0) is 32.6 Å². The largest absolute Gasteiger partial charge is 0.353 e. The fourth-order valence-electron chi connectivity index (χ4n) is 3.70. The van der Waals surface area contributed by atoms with Gasteiger partial charge in [0.25, 0.3) is 0 Å². The van der Waals surface area contributed by atoms with Gasteiger partial charge in [0.2, 0.25) is 11.8 Å². The minimum atomic E-state index is -0.378. The number of nitrogens with zero attached hydrogens (tertiary/aromatic N) is 1. The zero-order valence-corrected chi connectivity index (χ0v) is 14.2. The maximum Gasteiger partial charge on any atom is 0.225 e. The van der Waals surface area contributed by atoms with E-state index in [0.717, 1.165) is 51.6 Å². The summed E-state index contributed by atoms with van der Waals surface area (Å²) in [6.45, 7) is 7.35.